The van der Waals surface area contributed by atoms with Crippen LogP contribution in [0.4, 0.5) is 11.4 Å². The second-order valence-corrected chi connectivity index (χ2v) is 5.31. The van der Waals surface area contributed by atoms with Crippen molar-refractivity contribution in [2.24, 2.45) is 5.92 Å². The molecular weight excluding hydrogens is 270 g/mol. The molecule has 0 spiro atoms. The van der Waals surface area contributed by atoms with Gasteiger partial charge in [0.05, 0.1) is 4.92 Å². The van der Waals surface area contributed by atoms with Crippen molar-refractivity contribution in [2.45, 2.75) is 33.6 Å². The van der Waals surface area contributed by atoms with Gasteiger partial charge in [-0.15, -0.1) is 0 Å². The van der Waals surface area contributed by atoms with Gasteiger partial charge in [-0.05, 0) is 37.8 Å². The van der Waals surface area contributed by atoms with E-state index in [2.05, 4.69) is 24.5 Å². The fourth-order valence-corrected chi connectivity index (χ4v) is 1.97. The van der Waals surface area contributed by atoms with E-state index in [1.54, 1.807) is 19.1 Å². The standard InChI is InChI=1S/C15H23N3O3/c1-4-16-15(19)12-7-8-13(14(10-12)18(20)21)17-9-5-6-11(2)3/h7-8,10-11,17H,4-6,9H2,1-3H3,(H,16,19). The summed E-state index contributed by atoms with van der Waals surface area (Å²) in [6, 6.07) is 4.51. The van der Waals surface area contributed by atoms with Gasteiger partial charge in [0.1, 0.15) is 5.69 Å². The molecule has 0 aliphatic carbocycles. The lowest BCUT2D eigenvalue weighted by Gasteiger charge is -2.09. The first-order valence-electron chi connectivity index (χ1n) is 7.26. The van der Waals surface area contributed by atoms with Gasteiger partial charge in [0, 0.05) is 24.7 Å². The highest BCUT2D eigenvalue weighted by Crippen LogP contribution is 2.25. The summed E-state index contributed by atoms with van der Waals surface area (Å²) in [4.78, 5) is 22.4. The Bertz CT molecular complexity index is 501. The van der Waals surface area contributed by atoms with Crippen molar-refractivity contribution in [3.05, 3.63) is 33.9 Å². The van der Waals surface area contributed by atoms with Crippen LogP contribution in [0.25, 0.3) is 0 Å². The van der Waals surface area contributed by atoms with E-state index in [0.29, 0.717) is 30.3 Å². The molecule has 6 nitrogen and oxygen atoms in total. The second kappa shape index (κ2) is 8.24. The van der Waals surface area contributed by atoms with E-state index in [1.807, 2.05) is 0 Å². The number of nitrogens with zero attached hydrogens (tertiary/aromatic N) is 1. The summed E-state index contributed by atoms with van der Waals surface area (Å²) in [7, 11) is 0. The van der Waals surface area contributed by atoms with Crippen LogP contribution in [0.1, 0.15) is 44.0 Å². The molecule has 0 aromatic heterocycles. The van der Waals surface area contributed by atoms with E-state index in [-0.39, 0.29) is 11.6 Å². The zero-order valence-electron chi connectivity index (χ0n) is 12.8. The first-order chi connectivity index (χ1) is 9.95. The summed E-state index contributed by atoms with van der Waals surface area (Å²) in [5.74, 6) is 0.314. The maximum Gasteiger partial charge on any atom is 0.293 e. The van der Waals surface area contributed by atoms with Crippen molar-refractivity contribution in [3.63, 3.8) is 0 Å². The number of hydrogen-bond acceptors (Lipinski definition) is 4. The molecule has 0 unspecified atom stereocenters. The third-order valence-electron chi connectivity index (χ3n) is 3.07. The lowest BCUT2D eigenvalue weighted by molar-refractivity contribution is -0.384. The van der Waals surface area contributed by atoms with E-state index in [0.717, 1.165) is 12.8 Å². The van der Waals surface area contributed by atoms with Gasteiger partial charge in [0.15, 0.2) is 0 Å². The summed E-state index contributed by atoms with van der Waals surface area (Å²) < 4.78 is 0. The van der Waals surface area contributed by atoms with Gasteiger partial charge in [-0.3, -0.25) is 14.9 Å². The summed E-state index contributed by atoms with van der Waals surface area (Å²) in [5.41, 5.74) is 0.691. The van der Waals surface area contributed by atoms with Crippen LogP contribution < -0.4 is 10.6 Å². The van der Waals surface area contributed by atoms with Crippen LogP contribution in [0.15, 0.2) is 18.2 Å². The van der Waals surface area contributed by atoms with Gasteiger partial charge in [0.2, 0.25) is 0 Å². The highest BCUT2D eigenvalue weighted by Gasteiger charge is 2.17. The molecule has 21 heavy (non-hydrogen) atoms. The average Bonchev–Trinajstić information content (AvgIpc) is 2.43. The molecule has 0 radical (unpaired) electrons. The van der Waals surface area contributed by atoms with Crippen LogP contribution in [0, 0.1) is 16.0 Å². The maximum atomic E-state index is 11.7. The number of carbonyl (C=O) groups is 1. The molecule has 0 bridgehead atoms. The number of nitrogens with one attached hydrogen (secondary N) is 2. The Hall–Kier alpha value is -2.11. The van der Waals surface area contributed by atoms with Crippen molar-refractivity contribution in [1.82, 2.24) is 5.32 Å². The quantitative estimate of drug-likeness (QED) is 0.438. The Labute approximate surface area is 125 Å². The van der Waals surface area contributed by atoms with E-state index in [4.69, 9.17) is 0 Å². The first-order valence-corrected chi connectivity index (χ1v) is 7.26. The van der Waals surface area contributed by atoms with Gasteiger partial charge in [-0.2, -0.15) is 0 Å². The van der Waals surface area contributed by atoms with E-state index >= 15 is 0 Å². The zero-order chi connectivity index (χ0) is 15.8. The van der Waals surface area contributed by atoms with E-state index in [1.165, 1.54) is 6.07 Å². The minimum absolute atomic E-state index is 0.0664. The minimum atomic E-state index is -0.465. The Kier molecular flexibility index (Phi) is 6.65. The van der Waals surface area contributed by atoms with Crippen molar-refractivity contribution in [1.29, 1.82) is 0 Å². The molecule has 0 heterocycles. The third-order valence-corrected chi connectivity index (χ3v) is 3.07. The first kappa shape index (κ1) is 16.9. The number of carbonyl (C=O) groups excluding carboxylic acids is 1. The van der Waals surface area contributed by atoms with Gasteiger partial charge >= 0.3 is 0 Å². The number of nitro groups is 1. The van der Waals surface area contributed by atoms with Crippen LogP contribution in [0.3, 0.4) is 0 Å². The van der Waals surface area contributed by atoms with Crippen molar-refractivity contribution in [2.75, 3.05) is 18.4 Å². The number of anilines is 1. The predicted molar refractivity (Wildman–Crippen MR) is 83.7 cm³/mol. The molecule has 1 rings (SSSR count). The highest BCUT2D eigenvalue weighted by molar-refractivity contribution is 5.95. The van der Waals surface area contributed by atoms with Crippen molar-refractivity contribution >= 4 is 17.3 Å². The van der Waals surface area contributed by atoms with Crippen LogP contribution in [0.5, 0.6) is 0 Å². The van der Waals surface area contributed by atoms with Crippen molar-refractivity contribution < 1.29 is 9.72 Å². The summed E-state index contributed by atoms with van der Waals surface area (Å²) >= 11 is 0. The summed E-state index contributed by atoms with van der Waals surface area (Å²) in [5, 5.41) is 16.8. The Morgan fingerprint density at radius 3 is 2.67 bits per heavy atom. The van der Waals surface area contributed by atoms with Gasteiger partial charge in [-0.1, -0.05) is 13.8 Å². The summed E-state index contributed by atoms with van der Waals surface area (Å²) in [6.45, 7) is 7.26. The summed E-state index contributed by atoms with van der Waals surface area (Å²) in [6.07, 6.45) is 2.02. The molecule has 0 aliphatic rings. The average molecular weight is 293 g/mol. The number of benzene rings is 1. The van der Waals surface area contributed by atoms with Crippen LogP contribution in [-0.4, -0.2) is 23.9 Å². The fraction of sp³-hybridized carbons (Fsp3) is 0.533. The SMILES string of the molecule is CCNC(=O)c1ccc(NCCCC(C)C)c([N+](=O)[O-])c1. The molecule has 2 N–H and O–H groups in total. The van der Waals surface area contributed by atoms with Crippen LogP contribution in [0.2, 0.25) is 0 Å². The lowest BCUT2D eigenvalue weighted by atomic mass is 10.1. The number of hydrogen-bond donors (Lipinski definition) is 2. The maximum absolute atomic E-state index is 11.7. The third kappa shape index (κ3) is 5.41. The molecule has 6 heteroatoms. The van der Waals surface area contributed by atoms with Crippen molar-refractivity contribution in [3.8, 4) is 0 Å². The van der Waals surface area contributed by atoms with Gasteiger partial charge < -0.3 is 10.6 Å². The fourth-order valence-electron chi connectivity index (χ4n) is 1.97. The van der Waals surface area contributed by atoms with E-state index in [9.17, 15) is 14.9 Å². The highest BCUT2D eigenvalue weighted by atomic mass is 16.6. The van der Waals surface area contributed by atoms with E-state index < -0.39 is 4.92 Å². The predicted octanol–water partition coefficient (Wildman–Crippen LogP) is 3.19. The molecule has 1 amide bonds. The topological polar surface area (TPSA) is 84.3 Å². The lowest BCUT2D eigenvalue weighted by Crippen LogP contribution is -2.22. The second-order valence-electron chi connectivity index (χ2n) is 5.31. The monoisotopic (exact) mass is 293 g/mol. The smallest absolute Gasteiger partial charge is 0.293 e. The Morgan fingerprint density at radius 1 is 1.38 bits per heavy atom. The number of amides is 1. The number of rotatable bonds is 8. The molecule has 1 aromatic rings. The molecule has 0 atom stereocenters. The molecule has 1 aromatic carbocycles. The number of nitro benzene ring substituents is 1. The largest absolute Gasteiger partial charge is 0.379 e. The molecule has 0 fully saturated rings. The minimum Gasteiger partial charge on any atom is -0.379 e. The zero-order valence-corrected chi connectivity index (χ0v) is 12.8. The van der Waals surface area contributed by atoms with Crippen LogP contribution in [-0.2, 0) is 0 Å². The molecule has 0 aliphatic heterocycles. The Morgan fingerprint density at radius 2 is 2.10 bits per heavy atom. The molecule has 0 saturated carbocycles. The molecule has 0 saturated heterocycles. The normalized spacial score (nSPS) is 10.5. The van der Waals surface area contributed by atoms with Gasteiger partial charge in [-0.25, -0.2) is 0 Å². The van der Waals surface area contributed by atoms with Crippen LogP contribution >= 0.6 is 0 Å². The van der Waals surface area contributed by atoms with Gasteiger partial charge in [0.25, 0.3) is 11.6 Å². The molecule has 116 valence electrons. The Balaban J connectivity index is 2.80. The molecular formula is C15H23N3O3.